The summed E-state index contributed by atoms with van der Waals surface area (Å²) in [5.41, 5.74) is 6.64. The minimum absolute atomic E-state index is 0.290. The number of rotatable bonds is 4. The van der Waals surface area contributed by atoms with Gasteiger partial charge in [0.1, 0.15) is 5.75 Å². The van der Waals surface area contributed by atoms with Crippen molar-refractivity contribution in [2.24, 2.45) is 0 Å². The number of imidazole rings is 1. The molecule has 160 valence electrons. The number of nitrogens with zero attached hydrogens (tertiary/aromatic N) is 2. The van der Waals surface area contributed by atoms with Crippen LogP contribution in [0.5, 0.6) is 11.8 Å². The zero-order valence-corrected chi connectivity index (χ0v) is 18.1. The van der Waals surface area contributed by atoms with Gasteiger partial charge in [-0.05, 0) is 40.4 Å². The molecule has 1 aliphatic rings. The van der Waals surface area contributed by atoms with E-state index in [2.05, 4.69) is 39.2 Å². The number of H-pyrrole nitrogens is 1. The summed E-state index contributed by atoms with van der Waals surface area (Å²) >= 11 is 6.55. The van der Waals surface area contributed by atoms with Crippen LogP contribution >= 0.6 is 11.6 Å². The summed E-state index contributed by atoms with van der Waals surface area (Å²) in [5.74, 6) is 0.542. The number of aromatic amines is 1. The first-order valence-corrected chi connectivity index (χ1v) is 10.8. The molecule has 6 rings (SSSR count). The first-order chi connectivity index (χ1) is 16.1. The highest BCUT2D eigenvalue weighted by Gasteiger charge is 2.27. The lowest BCUT2D eigenvalue weighted by atomic mass is 9.79. The fourth-order valence-corrected chi connectivity index (χ4v) is 4.23. The van der Waals surface area contributed by atoms with E-state index in [4.69, 9.17) is 21.0 Å². The molecule has 0 saturated heterocycles. The topological polar surface area (TPSA) is 80.3 Å². The Balaban J connectivity index is 1.30. The first kappa shape index (κ1) is 20.0. The van der Waals surface area contributed by atoms with E-state index >= 15 is 0 Å². The van der Waals surface area contributed by atoms with Crippen molar-refractivity contribution in [2.45, 2.75) is 6.61 Å². The van der Waals surface area contributed by atoms with Crippen LogP contribution < -0.4 is 10.2 Å². The zero-order valence-electron chi connectivity index (χ0n) is 17.3. The van der Waals surface area contributed by atoms with E-state index in [0.717, 1.165) is 22.3 Å². The lowest BCUT2D eigenvalue weighted by molar-refractivity contribution is 0.275. The first-order valence-electron chi connectivity index (χ1n) is 10.5. The molecular formula is C25H17BClN3O3. The van der Waals surface area contributed by atoms with Crippen LogP contribution in [0, 0.1) is 0 Å². The molecule has 0 unspecified atom stereocenters. The SMILES string of the molecule is OB1OCc2ccc(Oc3nc4nc(-c5ccc(-c6ccccc6)cc5)c(Cl)cc4[nH]3)cc21. The van der Waals surface area contributed by atoms with Crippen LogP contribution in [0.2, 0.25) is 5.02 Å². The Morgan fingerprint density at radius 1 is 0.909 bits per heavy atom. The molecule has 0 saturated carbocycles. The second kappa shape index (κ2) is 8.05. The molecule has 8 heteroatoms. The van der Waals surface area contributed by atoms with Gasteiger partial charge in [-0.25, -0.2) is 4.98 Å². The Morgan fingerprint density at radius 2 is 1.67 bits per heavy atom. The van der Waals surface area contributed by atoms with Crippen molar-refractivity contribution >= 4 is 35.3 Å². The number of pyridine rings is 1. The predicted molar refractivity (Wildman–Crippen MR) is 129 cm³/mol. The standard InChI is InChI=1S/C25H17BClN3O3/c27-21-13-22-24(29-23(21)17-8-6-16(7-9-17)15-4-2-1-3-5-15)30-25(28-22)33-19-11-10-18-14-32-26(31)20(18)12-19/h1-13,31H,14H2,(H,28,29,30). The summed E-state index contributed by atoms with van der Waals surface area (Å²) in [6.45, 7) is 0.388. The number of benzene rings is 3. The average Bonchev–Trinajstić information content (AvgIpc) is 3.41. The largest absolute Gasteiger partial charge is 0.491 e. The molecule has 0 bridgehead atoms. The summed E-state index contributed by atoms with van der Waals surface area (Å²) in [6, 6.07) is 25.8. The molecule has 5 aromatic rings. The van der Waals surface area contributed by atoms with E-state index in [9.17, 15) is 5.02 Å². The Bertz CT molecular complexity index is 1470. The van der Waals surface area contributed by atoms with Crippen molar-refractivity contribution in [1.29, 1.82) is 0 Å². The van der Waals surface area contributed by atoms with Gasteiger partial charge in [-0.15, -0.1) is 0 Å². The van der Waals surface area contributed by atoms with Gasteiger partial charge < -0.3 is 19.4 Å². The van der Waals surface area contributed by atoms with E-state index in [0.29, 0.717) is 45.7 Å². The summed E-state index contributed by atoms with van der Waals surface area (Å²) in [4.78, 5) is 12.2. The molecule has 3 aromatic carbocycles. The van der Waals surface area contributed by atoms with Gasteiger partial charge in [0, 0.05) is 5.56 Å². The molecule has 0 radical (unpaired) electrons. The summed E-state index contributed by atoms with van der Waals surface area (Å²) < 4.78 is 11.1. The van der Waals surface area contributed by atoms with Gasteiger partial charge in [0.25, 0.3) is 0 Å². The summed E-state index contributed by atoms with van der Waals surface area (Å²) in [5, 5.41) is 10.4. The van der Waals surface area contributed by atoms with Crippen LogP contribution in [0.4, 0.5) is 0 Å². The highest BCUT2D eigenvalue weighted by Crippen LogP contribution is 2.32. The van der Waals surface area contributed by atoms with Crippen LogP contribution in [-0.2, 0) is 11.3 Å². The molecule has 0 amide bonds. The van der Waals surface area contributed by atoms with Gasteiger partial charge in [-0.2, -0.15) is 4.98 Å². The predicted octanol–water partition coefficient (Wildman–Crippen LogP) is 4.96. The maximum absolute atomic E-state index is 9.91. The van der Waals surface area contributed by atoms with E-state index in [1.807, 2.05) is 42.5 Å². The Morgan fingerprint density at radius 3 is 2.48 bits per heavy atom. The Hall–Kier alpha value is -3.65. The smallest absolute Gasteiger partial charge is 0.426 e. The lowest BCUT2D eigenvalue weighted by Gasteiger charge is -2.06. The molecule has 0 fully saturated rings. The zero-order chi connectivity index (χ0) is 22.4. The number of nitrogens with one attached hydrogen (secondary N) is 1. The van der Waals surface area contributed by atoms with Crippen molar-refractivity contribution < 1.29 is 14.4 Å². The summed E-state index contributed by atoms with van der Waals surface area (Å²) in [6.07, 6.45) is 0. The number of aromatic nitrogens is 3. The fourth-order valence-electron chi connectivity index (χ4n) is 3.97. The van der Waals surface area contributed by atoms with Gasteiger partial charge in [0.05, 0.1) is 22.8 Å². The van der Waals surface area contributed by atoms with Crippen LogP contribution in [0.15, 0.2) is 78.9 Å². The molecule has 2 N–H and O–H groups in total. The molecular weight excluding hydrogens is 437 g/mol. The minimum atomic E-state index is -0.935. The molecule has 2 aromatic heterocycles. The van der Waals surface area contributed by atoms with Crippen molar-refractivity contribution in [3.63, 3.8) is 0 Å². The van der Waals surface area contributed by atoms with E-state index in [1.165, 1.54) is 0 Å². The maximum Gasteiger partial charge on any atom is 0.491 e. The second-order valence-electron chi connectivity index (χ2n) is 7.80. The third-order valence-electron chi connectivity index (χ3n) is 5.67. The van der Waals surface area contributed by atoms with Gasteiger partial charge in [-0.3, -0.25) is 0 Å². The number of fused-ring (bicyclic) bond motifs is 2. The second-order valence-corrected chi connectivity index (χ2v) is 8.21. The molecule has 1 aliphatic heterocycles. The molecule has 0 aliphatic carbocycles. The van der Waals surface area contributed by atoms with E-state index < -0.39 is 7.12 Å². The molecule has 0 atom stereocenters. The maximum atomic E-state index is 9.91. The minimum Gasteiger partial charge on any atom is -0.426 e. The highest BCUT2D eigenvalue weighted by molar-refractivity contribution is 6.61. The third kappa shape index (κ3) is 3.76. The van der Waals surface area contributed by atoms with Crippen LogP contribution in [0.3, 0.4) is 0 Å². The number of ether oxygens (including phenoxy) is 1. The summed E-state index contributed by atoms with van der Waals surface area (Å²) in [7, 11) is -0.935. The van der Waals surface area contributed by atoms with E-state index in [1.54, 1.807) is 12.1 Å². The molecule has 3 heterocycles. The van der Waals surface area contributed by atoms with Gasteiger partial charge in [0.2, 0.25) is 0 Å². The molecule has 33 heavy (non-hydrogen) atoms. The van der Waals surface area contributed by atoms with Crippen LogP contribution in [0.25, 0.3) is 33.5 Å². The Labute approximate surface area is 195 Å². The van der Waals surface area contributed by atoms with Gasteiger partial charge >= 0.3 is 13.1 Å². The van der Waals surface area contributed by atoms with Crippen molar-refractivity contribution in [2.75, 3.05) is 0 Å². The van der Waals surface area contributed by atoms with Crippen molar-refractivity contribution in [1.82, 2.24) is 15.0 Å². The van der Waals surface area contributed by atoms with Crippen molar-refractivity contribution in [3.05, 3.63) is 89.4 Å². The Kier molecular flexibility index (Phi) is 4.88. The molecule has 0 spiro atoms. The van der Waals surface area contributed by atoms with Gasteiger partial charge in [-0.1, -0.05) is 72.3 Å². The third-order valence-corrected chi connectivity index (χ3v) is 5.95. The quantitative estimate of drug-likeness (QED) is 0.376. The van der Waals surface area contributed by atoms with Crippen LogP contribution in [0.1, 0.15) is 5.56 Å². The lowest BCUT2D eigenvalue weighted by Crippen LogP contribution is -2.27. The average molecular weight is 454 g/mol. The van der Waals surface area contributed by atoms with Gasteiger partial charge in [0.15, 0.2) is 5.65 Å². The molecule has 6 nitrogen and oxygen atoms in total. The number of hydrogen-bond donors (Lipinski definition) is 2. The van der Waals surface area contributed by atoms with E-state index in [-0.39, 0.29) is 0 Å². The highest BCUT2D eigenvalue weighted by atomic mass is 35.5. The number of hydrogen-bond acceptors (Lipinski definition) is 5. The number of halogens is 1. The van der Waals surface area contributed by atoms with Crippen molar-refractivity contribution in [3.8, 4) is 34.1 Å². The fraction of sp³-hybridized carbons (Fsp3) is 0.0400. The monoisotopic (exact) mass is 453 g/mol. The van der Waals surface area contributed by atoms with Crippen LogP contribution in [-0.4, -0.2) is 27.1 Å². The normalized spacial score (nSPS) is 12.8.